The zero-order valence-electron chi connectivity index (χ0n) is 8.83. The SMILES string of the molecule is CC1CN=C(NCCN2CCCC2)S1. The monoisotopic (exact) mass is 213 g/mol. The summed E-state index contributed by atoms with van der Waals surface area (Å²) in [5.74, 6) is 0. The van der Waals surface area contributed by atoms with E-state index in [1.807, 2.05) is 11.8 Å². The molecule has 1 atom stereocenters. The third-order valence-electron chi connectivity index (χ3n) is 2.71. The van der Waals surface area contributed by atoms with Crippen molar-refractivity contribution in [1.82, 2.24) is 10.2 Å². The smallest absolute Gasteiger partial charge is 0.156 e. The van der Waals surface area contributed by atoms with Gasteiger partial charge in [-0.1, -0.05) is 18.7 Å². The summed E-state index contributed by atoms with van der Waals surface area (Å²) in [4.78, 5) is 6.96. The highest BCUT2D eigenvalue weighted by Crippen LogP contribution is 2.18. The molecule has 4 heteroatoms. The second kappa shape index (κ2) is 5.03. The second-order valence-electron chi connectivity index (χ2n) is 4.05. The van der Waals surface area contributed by atoms with Gasteiger partial charge in [0.15, 0.2) is 5.17 Å². The molecule has 2 aliphatic rings. The molecule has 0 saturated carbocycles. The summed E-state index contributed by atoms with van der Waals surface area (Å²) in [5, 5.41) is 5.23. The number of nitrogens with one attached hydrogen (secondary N) is 1. The minimum atomic E-state index is 0.671. The van der Waals surface area contributed by atoms with Crippen LogP contribution in [-0.2, 0) is 0 Å². The summed E-state index contributed by atoms with van der Waals surface area (Å²) in [6.07, 6.45) is 2.76. The van der Waals surface area contributed by atoms with Crippen LogP contribution >= 0.6 is 11.8 Å². The van der Waals surface area contributed by atoms with E-state index in [2.05, 4.69) is 22.1 Å². The van der Waals surface area contributed by atoms with Crippen LogP contribution < -0.4 is 5.32 Å². The number of rotatable bonds is 3. The predicted molar refractivity (Wildman–Crippen MR) is 63.0 cm³/mol. The average molecular weight is 213 g/mol. The highest BCUT2D eigenvalue weighted by atomic mass is 32.2. The third kappa shape index (κ3) is 2.89. The van der Waals surface area contributed by atoms with Gasteiger partial charge in [-0.3, -0.25) is 4.99 Å². The topological polar surface area (TPSA) is 27.6 Å². The molecule has 1 unspecified atom stereocenters. The minimum Gasteiger partial charge on any atom is -0.364 e. The summed E-state index contributed by atoms with van der Waals surface area (Å²) in [6, 6.07) is 0. The first-order chi connectivity index (χ1) is 6.84. The lowest BCUT2D eigenvalue weighted by molar-refractivity contribution is 0.344. The Morgan fingerprint density at radius 3 is 2.93 bits per heavy atom. The fraction of sp³-hybridized carbons (Fsp3) is 0.900. The standard InChI is InChI=1S/C10H19N3S/c1-9-8-12-10(14-9)11-4-7-13-5-2-3-6-13/h9H,2-8H2,1H3,(H,11,12). The highest BCUT2D eigenvalue weighted by molar-refractivity contribution is 8.14. The van der Waals surface area contributed by atoms with E-state index in [-0.39, 0.29) is 0 Å². The molecule has 3 nitrogen and oxygen atoms in total. The van der Waals surface area contributed by atoms with Gasteiger partial charge in [0.05, 0.1) is 6.54 Å². The van der Waals surface area contributed by atoms with Crippen LogP contribution in [0.4, 0.5) is 0 Å². The number of amidine groups is 1. The molecular formula is C10H19N3S. The molecule has 1 saturated heterocycles. The van der Waals surface area contributed by atoms with Crippen molar-refractivity contribution in [2.45, 2.75) is 25.0 Å². The molecule has 0 amide bonds. The first kappa shape index (κ1) is 10.3. The Morgan fingerprint density at radius 2 is 2.29 bits per heavy atom. The zero-order valence-corrected chi connectivity index (χ0v) is 9.65. The molecule has 2 aliphatic heterocycles. The Morgan fingerprint density at radius 1 is 1.50 bits per heavy atom. The largest absolute Gasteiger partial charge is 0.364 e. The molecular weight excluding hydrogens is 194 g/mol. The molecule has 0 bridgehead atoms. The van der Waals surface area contributed by atoms with Crippen molar-refractivity contribution in [3.05, 3.63) is 0 Å². The van der Waals surface area contributed by atoms with Gasteiger partial charge in [-0.15, -0.1) is 0 Å². The molecule has 80 valence electrons. The Hall–Kier alpha value is -0.220. The average Bonchev–Trinajstić information content (AvgIpc) is 2.77. The van der Waals surface area contributed by atoms with Gasteiger partial charge in [0.2, 0.25) is 0 Å². The summed E-state index contributed by atoms with van der Waals surface area (Å²) in [7, 11) is 0. The molecule has 1 N–H and O–H groups in total. The van der Waals surface area contributed by atoms with Crippen molar-refractivity contribution >= 4 is 16.9 Å². The summed E-state index contributed by atoms with van der Waals surface area (Å²) in [5.41, 5.74) is 0. The van der Waals surface area contributed by atoms with Gasteiger partial charge in [0, 0.05) is 18.3 Å². The van der Waals surface area contributed by atoms with Crippen molar-refractivity contribution < 1.29 is 0 Å². The molecule has 0 aromatic heterocycles. The van der Waals surface area contributed by atoms with Gasteiger partial charge in [0.25, 0.3) is 0 Å². The summed E-state index contributed by atoms with van der Waals surface area (Å²) >= 11 is 1.87. The highest BCUT2D eigenvalue weighted by Gasteiger charge is 2.15. The molecule has 0 aromatic rings. The Balaban J connectivity index is 1.58. The Bertz CT molecular complexity index is 211. The maximum absolute atomic E-state index is 4.43. The zero-order chi connectivity index (χ0) is 9.80. The molecule has 14 heavy (non-hydrogen) atoms. The van der Waals surface area contributed by atoms with Gasteiger partial charge in [-0.2, -0.15) is 0 Å². The first-order valence-electron chi connectivity index (χ1n) is 5.52. The van der Waals surface area contributed by atoms with Crippen molar-refractivity contribution in [2.75, 3.05) is 32.7 Å². The number of likely N-dealkylation sites (tertiary alicyclic amines) is 1. The van der Waals surface area contributed by atoms with E-state index < -0.39 is 0 Å². The molecule has 0 aromatic carbocycles. The van der Waals surface area contributed by atoms with Crippen molar-refractivity contribution in [1.29, 1.82) is 0 Å². The van der Waals surface area contributed by atoms with Crippen molar-refractivity contribution in [2.24, 2.45) is 4.99 Å². The van der Waals surface area contributed by atoms with Crippen LogP contribution in [0.2, 0.25) is 0 Å². The van der Waals surface area contributed by atoms with E-state index in [0.29, 0.717) is 5.25 Å². The van der Waals surface area contributed by atoms with Crippen molar-refractivity contribution in [3.63, 3.8) is 0 Å². The van der Waals surface area contributed by atoms with Gasteiger partial charge in [0.1, 0.15) is 0 Å². The maximum Gasteiger partial charge on any atom is 0.156 e. The predicted octanol–water partition coefficient (Wildman–Crippen LogP) is 1.16. The number of nitrogens with zero attached hydrogens (tertiary/aromatic N) is 2. The first-order valence-corrected chi connectivity index (χ1v) is 6.40. The van der Waals surface area contributed by atoms with Crippen LogP contribution in [0, 0.1) is 0 Å². The van der Waals surface area contributed by atoms with Crippen LogP contribution in [0.25, 0.3) is 0 Å². The van der Waals surface area contributed by atoms with Crippen molar-refractivity contribution in [3.8, 4) is 0 Å². The fourth-order valence-corrected chi connectivity index (χ4v) is 2.77. The lowest BCUT2D eigenvalue weighted by atomic mass is 10.4. The Labute approximate surface area is 90.3 Å². The van der Waals surface area contributed by atoms with Gasteiger partial charge < -0.3 is 10.2 Å². The second-order valence-corrected chi connectivity index (χ2v) is 5.48. The maximum atomic E-state index is 4.43. The number of thioether (sulfide) groups is 1. The van der Waals surface area contributed by atoms with E-state index in [1.165, 1.54) is 32.5 Å². The molecule has 0 spiro atoms. The molecule has 0 aliphatic carbocycles. The molecule has 0 radical (unpaired) electrons. The lowest BCUT2D eigenvalue weighted by Crippen LogP contribution is -2.31. The molecule has 2 heterocycles. The van der Waals surface area contributed by atoms with Gasteiger partial charge in [-0.05, 0) is 25.9 Å². The van der Waals surface area contributed by atoms with Gasteiger partial charge >= 0.3 is 0 Å². The van der Waals surface area contributed by atoms with Crippen LogP contribution in [0.5, 0.6) is 0 Å². The van der Waals surface area contributed by atoms with E-state index >= 15 is 0 Å². The quantitative estimate of drug-likeness (QED) is 0.762. The molecule has 1 fully saturated rings. The third-order valence-corrected chi connectivity index (χ3v) is 3.76. The summed E-state index contributed by atoms with van der Waals surface area (Å²) < 4.78 is 0. The van der Waals surface area contributed by atoms with Crippen LogP contribution in [0.1, 0.15) is 19.8 Å². The van der Waals surface area contributed by atoms with Gasteiger partial charge in [-0.25, -0.2) is 0 Å². The van der Waals surface area contributed by atoms with Crippen LogP contribution in [0.3, 0.4) is 0 Å². The lowest BCUT2D eigenvalue weighted by Gasteiger charge is -2.14. The van der Waals surface area contributed by atoms with E-state index in [0.717, 1.165) is 18.3 Å². The summed E-state index contributed by atoms with van der Waals surface area (Å²) in [6.45, 7) is 8.02. The van der Waals surface area contributed by atoms with Crippen LogP contribution in [-0.4, -0.2) is 48.0 Å². The van der Waals surface area contributed by atoms with E-state index in [9.17, 15) is 0 Å². The fourth-order valence-electron chi connectivity index (χ4n) is 1.90. The van der Waals surface area contributed by atoms with Crippen LogP contribution in [0.15, 0.2) is 4.99 Å². The number of hydrogen-bond acceptors (Lipinski definition) is 4. The Kier molecular flexibility index (Phi) is 3.70. The van der Waals surface area contributed by atoms with E-state index in [1.54, 1.807) is 0 Å². The number of aliphatic imine (C=N–C) groups is 1. The minimum absolute atomic E-state index is 0.671. The van der Waals surface area contributed by atoms with E-state index in [4.69, 9.17) is 0 Å². The number of hydrogen-bond donors (Lipinski definition) is 1. The molecule has 2 rings (SSSR count). The normalized spacial score (nSPS) is 28.1.